The molecule has 0 bridgehead atoms. The fourth-order valence-electron chi connectivity index (χ4n) is 1.46. The molecule has 0 aliphatic rings. The van der Waals surface area contributed by atoms with E-state index in [4.69, 9.17) is 10.5 Å². The normalized spacial score (nSPS) is 10.8. The van der Waals surface area contributed by atoms with Gasteiger partial charge < -0.3 is 21.1 Å². The predicted molar refractivity (Wildman–Crippen MR) is 83.3 cm³/mol. The van der Waals surface area contributed by atoms with Gasteiger partial charge in [0.25, 0.3) is 5.91 Å². The van der Waals surface area contributed by atoms with Crippen molar-refractivity contribution in [3.05, 3.63) is 4.88 Å². The van der Waals surface area contributed by atoms with E-state index in [0.29, 0.717) is 29.1 Å². The number of nitrogen functional groups attached to an aromatic ring is 1. The SMILES string of the molecule is CCNc1nc(N)c(C(=O)NCCOCCC(C)C)s1. The number of rotatable bonds is 9. The average Bonchev–Trinajstić information content (AvgIpc) is 2.74. The molecule has 0 spiro atoms. The molecule has 0 fully saturated rings. The summed E-state index contributed by atoms with van der Waals surface area (Å²) in [6.07, 6.45) is 1.03. The number of amides is 1. The summed E-state index contributed by atoms with van der Waals surface area (Å²) in [5, 5.41) is 6.49. The van der Waals surface area contributed by atoms with Crippen molar-refractivity contribution < 1.29 is 9.53 Å². The Morgan fingerprint density at radius 1 is 1.45 bits per heavy atom. The fourth-order valence-corrected chi connectivity index (χ4v) is 2.33. The highest BCUT2D eigenvalue weighted by molar-refractivity contribution is 7.18. The van der Waals surface area contributed by atoms with Crippen LogP contribution in [-0.2, 0) is 4.74 Å². The Labute approximate surface area is 124 Å². The molecule has 1 rings (SSSR count). The summed E-state index contributed by atoms with van der Waals surface area (Å²) >= 11 is 1.26. The topological polar surface area (TPSA) is 89.3 Å². The number of nitrogens with one attached hydrogen (secondary N) is 2. The number of nitrogens with two attached hydrogens (primary N) is 1. The first kappa shape index (κ1) is 16.7. The van der Waals surface area contributed by atoms with Gasteiger partial charge in [-0.05, 0) is 19.3 Å². The Morgan fingerprint density at radius 3 is 2.85 bits per heavy atom. The van der Waals surface area contributed by atoms with Gasteiger partial charge in [0.1, 0.15) is 10.7 Å². The smallest absolute Gasteiger partial charge is 0.265 e. The van der Waals surface area contributed by atoms with Crippen molar-refractivity contribution in [2.75, 3.05) is 37.4 Å². The van der Waals surface area contributed by atoms with Crippen LogP contribution in [0.25, 0.3) is 0 Å². The van der Waals surface area contributed by atoms with Gasteiger partial charge in [-0.15, -0.1) is 0 Å². The third-order valence-corrected chi connectivity index (χ3v) is 3.59. The maximum absolute atomic E-state index is 11.9. The first-order valence-electron chi connectivity index (χ1n) is 6.90. The summed E-state index contributed by atoms with van der Waals surface area (Å²) in [5.41, 5.74) is 5.73. The molecule has 20 heavy (non-hydrogen) atoms. The van der Waals surface area contributed by atoms with Crippen LogP contribution in [0.1, 0.15) is 36.9 Å². The van der Waals surface area contributed by atoms with Gasteiger partial charge in [-0.3, -0.25) is 4.79 Å². The lowest BCUT2D eigenvalue weighted by molar-refractivity contribution is 0.0910. The molecule has 4 N–H and O–H groups in total. The van der Waals surface area contributed by atoms with Gasteiger partial charge >= 0.3 is 0 Å². The number of carbonyl (C=O) groups excluding carboxylic acids is 1. The summed E-state index contributed by atoms with van der Waals surface area (Å²) < 4.78 is 5.43. The van der Waals surface area contributed by atoms with Crippen LogP contribution in [0.5, 0.6) is 0 Å². The lowest BCUT2D eigenvalue weighted by Crippen LogP contribution is -2.27. The van der Waals surface area contributed by atoms with E-state index in [1.807, 2.05) is 6.92 Å². The zero-order valence-electron chi connectivity index (χ0n) is 12.4. The van der Waals surface area contributed by atoms with Crippen LogP contribution in [0.2, 0.25) is 0 Å². The van der Waals surface area contributed by atoms with Crippen LogP contribution < -0.4 is 16.4 Å². The van der Waals surface area contributed by atoms with Crippen molar-refractivity contribution in [2.45, 2.75) is 27.2 Å². The van der Waals surface area contributed by atoms with E-state index in [9.17, 15) is 4.79 Å². The minimum Gasteiger partial charge on any atom is -0.382 e. The molecule has 0 aromatic carbocycles. The van der Waals surface area contributed by atoms with Crippen LogP contribution in [0.15, 0.2) is 0 Å². The minimum absolute atomic E-state index is 0.198. The molecule has 6 nitrogen and oxygen atoms in total. The fraction of sp³-hybridized carbons (Fsp3) is 0.692. The maximum Gasteiger partial charge on any atom is 0.265 e. The second-order valence-corrected chi connectivity index (χ2v) is 5.81. The molecule has 0 radical (unpaired) electrons. The summed E-state index contributed by atoms with van der Waals surface area (Å²) in [6.45, 7) is 8.73. The molecular weight excluding hydrogens is 276 g/mol. The predicted octanol–water partition coefficient (Wildman–Crippen LogP) is 1.95. The van der Waals surface area contributed by atoms with Gasteiger partial charge in [0.2, 0.25) is 0 Å². The first-order chi connectivity index (χ1) is 9.54. The van der Waals surface area contributed by atoms with Gasteiger partial charge in [0.15, 0.2) is 5.13 Å². The van der Waals surface area contributed by atoms with Gasteiger partial charge in [0, 0.05) is 19.7 Å². The summed E-state index contributed by atoms with van der Waals surface area (Å²) in [6, 6.07) is 0. The van der Waals surface area contributed by atoms with E-state index in [1.54, 1.807) is 0 Å². The number of carbonyl (C=O) groups is 1. The van der Waals surface area contributed by atoms with Crippen LogP contribution in [0.4, 0.5) is 10.9 Å². The van der Waals surface area contributed by atoms with Gasteiger partial charge in [-0.1, -0.05) is 25.2 Å². The van der Waals surface area contributed by atoms with E-state index >= 15 is 0 Å². The molecule has 1 heterocycles. The number of aromatic nitrogens is 1. The van der Waals surface area contributed by atoms with E-state index in [-0.39, 0.29) is 11.7 Å². The summed E-state index contributed by atoms with van der Waals surface area (Å²) in [4.78, 5) is 16.5. The molecule has 0 aliphatic heterocycles. The van der Waals surface area contributed by atoms with Gasteiger partial charge in [0.05, 0.1) is 6.61 Å². The van der Waals surface area contributed by atoms with Crippen LogP contribution in [0.3, 0.4) is 0 Å². The zero-order chi connectivity index (χ0) is 15.0. The summed E-state index contributed by atoms with van der Waals surface area (Å²) in [7, 11) is 0. The number of nitrogens with zero attached hydrogens (tertiary/aromatic N) is 1. The molecule has 0 saturated carbocycles. The highest BCUT2D eigenvalue weighted by atomic mass is 32.1. The number of hydrogen-bond acceptors (Lipinski definition) is 6. The largest absolute Gasteiger partial charge is 0.382 e. The third kappa shape index (κ3) is 5.75. The number of ether oxygens (including phenoxy) is 1. The maximum atomic E-state index is 11.9. The van der Waals surface area contributed by atoms with Crippen molar-refractivity contribution in [3.8, 4) is 0 Å². The molecule has 0 unspecified atom stereocenters. The van der Waals surface area contributed by atoms with Crippen molar-refractivity contribution >= 4 is 28.2 Å². The highest BCUT2D eigenvalue weighted by Crippen LogP contribution is 2.24. The Balaban J connectivity index is 2.28. The van der Waals surface area contributed by atoms with Crippen LogP contribution >= 0.6 is 11.3 Å². The molecule has 0 saturated heterocycles. The number of anilines is 2. The second kappa shape index (κ2) is 8.76. The Kier molecular flexibility index (Phi) is 7.32. The average molecular weight is 300 g/mol. The van der Waals surface area contributed by atoms with Crippen LogP contribution in [0, 0.1) is 5.92 Å². The van der Waals surface area contributed by atoms with Crippen molar-refractivity contribution in [1.29, 1.82) is 0 Å². The molecule has 1 aromatic heterocycles. The van der Waals surface area contributed by atoms with Gasteiger partial charge in [-0.25, -0.2) is 4.98 Å². The molecule has 114 valence electrons. The molecule has 0 aliphatic carbocycles. The Bertz CT molecular complexity index is 421. The summed E-state index contributed by atoms with van der Waals surface area (Å²) in [5.74, 6) is 0.701. The van der Waals surface area contributed by atoms with E-state index in [1.165, 1.54) is 11.3 Å². The number of hydrogen-bond donors (Lipinski definition) is 3. The van der Waals surface area contributed by atoms with Crippen molar-refractivity contribution in [3.63, 3.8) is 0 Å². The monoisotopic (exact) mass is 300 g/mol. The van der Waals surface area contributed by atoms with Crippen LogP contribution in [-0.4, -0.2) is 37.2 Å². The lowest BCUT2D eigenvalue weighted by atomic mass is 10.1. The Morgan fingerprint density at radius 2 is 2.20 bits per heavy atom. The molecule has 0 atom stereocenters. The zero-order valence-corrected chi connectivity index (χ0v) is 13.2. The lowest BCUT2D eigenvalue weighted by Gasteiger charge is -2.07. The van der Waals surface area contributed by atoms with Crippen molar-refractivity contribution in [2.24, 2.45) is 5.92 Å². The van der Waals surface area contributed by atoms with Gasteiger partial charge in [-0.2, -0.15) is 0 Å². The quantitative estimate of drug-likeness (QED) is 0.607. The van der Waals surface area contributed by atoms with Crippen molar-refractivity contribution in [1.82, 2.24) is 10.3 Å². The van der Waals surface area contributed by atoms with E-state index in [2.05, 4.69) is 29.5 Å². The molecule has 1 aromatic rings. The molecular formula is C13H24N4O2S. The first-order valence-corrected chi connectivity index (χ1v) is 7.72. The highest BCUT2D eigenvalue weighted by Gasteiger charge is 2.15. The molecule has 7 heteroatoms. The second-order valence-electron chi connectivity index (χ2n) is 4.81. The Hall–Kier alpha value is -1.34. The standard InChI is InChI=1S/C13H24N4O2S/c1-4-15-13-17-11(14)10(20-13)12(18)16-6-8-19-7-5-9(2)3/h9H,4-8,14H2,1-3H3,(H,15,17)(H,16,18). The minimum atomic E-state index is -0.198. The van der Waals surface area contributed by atoms with E-state index in [0.717, 1.165) is 19.6 Å². The third-order valence-electron chi connectivity index (χ3n) is 2.56. The number of thiazole rings is 1. The molecule has 1 amide bonds. The van der Waals surface area contributed by atoms with E-state index < -0.39 is 0 Å².